The smallest absolute Gasteiger partial charge is 0.327 e. The molecule has 3 aromatic rings. The summed E-state index contributed by atoms with van der Waals surface area (Å²) in [6.45, 7) is 11.3. The molecule has 0 bridgehead atoms. The summed E-state index contributed by atoms with van der Waals surface area (Å²) >= 11 is 0. The van der Waals surface area contributed by atoms with Crippen LogP contribution in [0, 0.1) is 13.8 Å². The van der Waals surface area contributed by atoms with Crippen molar-refractivity contribution >= 4 is 17.5 Å². The molecule has 1 aromatic carbocycles. The van der Waals surface area contributed by atoms with E-state index in [-0.39, 0.29) is 30.6 Å². The van der Waals surface area contributed by atoms with Gasteiger partial charge in [0.05, 0.1) is 30.5 Å². The molecular formula is C27H34N6O3. The van der Waals surface area contributed by atoms with Gasteiger partial charge in [0.1, 0.15) is 6.33 Å². The van der Waals surface area contributed by atoms with E-state index in [9.17, 15) is 9.59 Å². The lowest BCUT2D eigenvalue weighted by molar-refractivity contribution is -0.131. The standard InChI is InChI=1S/C27H34N6O3/c1-17(2)31-7-5-25(34)32(27(31)35)14-20-11-24-26(29-16-30-33(24)15-20)23-10-18(3)9-19(4)22(23)12-21-13-28-6-8-36-21/h9-11,15-17,21,28H,5-8,12-14H2,1-4H3/t21-/m1/s1. The molecule has 0 saturated carbocycles. The van der Waals surface area contributed by atoms with Crippen molar-refractivity contribution in [1.82, 2.24) is 29.7 Å². The van der Waals surface area contributed by atoms with Gasteiger partial charge in [-0.1, -0.05) is 11.6 Å². The predicted octanol–water partition coefficient (Wildman–Crippen LogP) is 3.11. The van der Waals surface area contributed by atoms with Crippen molar-refractivity contribution in [3.63, 3.8) is 0 Å². The summed E-state index contributed by atoms with van der Waals surface area (Å²) in [7, 11) is 0. The summed E-state index contributed by atoms with van der Waals surface area (Å²) in [6, 6.07) is 6.17. The molecule has 36 heavy (non-hydrogen) atoms. The van der Waals surface area contributed by atoms with Gasteiger partial charge in [-0.15, -0.1) is 0 Å². The van der Waals surface area contributed by atoms with Gasteiger partial charge in [0.15, 0.2) is 0 Å². The van der Waals surface area contributed by atoms with Crippen LogP contribution in [-0.4, -0.2) is 74.7 Å². The molecule has 0 radical (unpaired) electrons. The Morgan fingerprint density at radius 1 is 1.19 bits per heavy atom. The lowest BCUT2D eigenvalue weighted by atomic mass is 9.92. The number of nitrogens with zero attached hydrogens (tertiary/aromatic N) is 5. The summed E-state index contributed by atoms with van der Waals surface area (Å²) in [6.07, 6.45) is 4.68. The maximum atomic E-state index is 13.0. The Bertz CT molecular complexity index is 1290. The van der Waals surface area contributed by atoms with E-state index in [1.165, 1.54) is 16.0 Å². The number of ether oxygens (including phenoxy) is 1. The normalized spacial score (nSPS) is 19.1. The van der Waals surface area contributed by atoms with Crippen LogP contribution in [0.4, 0.5) is 4.79 Å². The highest BCUT2D eigenvalue weighted by Gasteiger charge is 2.33. The number of nitrogens with one attached hydrogen (secondary N) is 1. The summed E-state index contributed by atoms with van der Waals surface area (Å²) in [5, 5.41) is 7.84. The summed E-state index contributed by atoms with van der Waals surface area (Å²) < 4.78 is 7.79. The Kier molecular flexibility index (Phi) is 6.77. The Morgan fingerprint density at radius 2 is 2.03 bits per heavy atom. The molecule has 2 aliphatic rings. The second-order valence-corrected chi connectivity index (χ2v) is 10.1. The zero-order chi connectivity index (χ0) is 25.4. The fraction of sp³-hybridized carbons (Fsp3) is 0.481. The summed E-state index contributed by atoms with van der Waals surface area (Å²) in [4.78, 5) is 33.4. The maximum absolute atomic E-state index is 13.0. The molecule has 9 heteroatoms. The van der Waals surface area contributed by atoms with E-state index in [1.807, 2.05) is 26.1 Å². The van der Waals surface area contributed by atoms with Gasteiger partial charge in [0.2, 0.25) is 5.91 Å². The zero-order valence-corrected chi connectivity index (χ0v) is 21.5. The van der Waals surface area contributed by atoms with Crippen LogP contribution in [-0.2, 0) is 22.5 Å². The molecule has 0 unspecified atom stereocenters. The number of rotatable bonds is 6. The highest BCUT2D eigenvalue weighted by Crippen LogP contribution is 2.32. The van der Waals surface area contributed by atoms with Crippen LogP contribution in [0.3, 0.4) is 0 Å². The van der Waals surface area contributed by atoms with Gasteiger partial charge in [-0.25, -0.2) is 14.3 Å². The number of imide groups is 1. The van der Waals surface area contributed by atoms with Crippen LogP contribution in [0.2, 0.25) is 0 Å². The number of carbonyl (C=O) groups excluding carboxylic acids is 2. The van der Waals surface area contributed by atoms with Gasteiger partial charge in [-0.3, -0.25) is 9.69 Å². The number of hydrogen-bond donors (Lipinski definition) is 1. The van der Waals surface area contributed by atoms with Crippen LogP contribution in [0.1, 0.15) is 42.5 Å². The Hall–Kier alpha value is -3.30. The molecule has 1 atom stereocenters. The predicted molar refractivity (Wildman–Crippen MR) is 137 cm³/mol. The Labute approximate surface area is 211 Å². The van der Waals surface area contributed by atoms with Crippen LogP contribution >= 0.6 is 0 Å². The first-order valence-corrected chi connectivity index (χ1v) is 12.7. The molecule has 2 fully saturated rings. The Balaban J connectivity index is 1.51. The van der Waals surface area contributed by atoms with Crippen LogP contribution in [0.15, 0.2) is 30.7 Å². The van der Waals surface area contributed by atoms with Crippen molar-refractivity contribution in [3.8, 4) is 11.3 Å². The molecular weight excluding hydrogens is 456 g/mol. The average Bonchev–Trinajstić information content (AvgIpc) is 3.26. The zero-order valence-electron chi connectivity index (χ0n) is 21.5. The molecule has 0 aliphatic carbocycles. The fourth-order valence-electron chi connectivity index (χ4n) is 5.26. The molecule has 0 spiro atoms. The number of amides is 3. The van der Waals surface area contributed by atoms with Crippen LogP contribution in [0.25, 0.3) is 16.8 Å². The minimum atomic E-state index is -0.236. The summed E-state index contributed by atoms with van der Waals surface area (Å²) in [5.74, 6) is -0.142. The first-order valence-electron chi connectivity index (χ1n) is 12.7. The maximum Gasteiger partial charge on any atom is 0.327 e. The van der Waals surface area contributed by atoms with Crippen molar-refractivity contribution in [2.75, 3.05) is 26.2 Å². The number of aryl methyl sites for hydroxylation is 2. The molecule has 3 amide bonds. The van der Waals surface area contributed by atoms with Crippen molar-refractivity contribution in [1.29, 1.82) is 0 Å². The second-order valence-electron chi connectivity index (χ2n) is 10.1. The van der Waals surface area contributed by atoms with Gasteiger partial charge >= 0.3 is 6.03 Å². The van der Waals surface area contributed by atoms with Gasteiger partial charge in [0, 0.05) is 50.3 Å². The third-order valence-electron chi connectivity index (χ3n) is 7.08. The lowest BCUT2D eigenvalue weighted by Crippen LogP contribution is -2.53. The van der Waals surface area contributed by atoms with Crippen molar-refractivity contribution in [2.24, 2.45) is 0 Å². The van der Waals surface area contributed by atoms with E-state index in [1.54, 1.807) is 15.7 Å². The number of fused-ring (bicyclic) bond motifs is 1. The molecule has 1 N–H and O–H groups in total. The summed E-state index contributed by atoms with van der Waals surface area (Å²) in [5.41, 5.74) is 7.17. The topological polar surface area (TPSA) is 92.1 Å². The average molecular weight is 491 g/mol. The van der Waals surface area contributed by atoms with Gasteiger partial charge in [-0.2, -0.15) is 5.10 Å². The van der Waals surface area contributed by atoms with Crippen LogP contribution in [0.5, 0.6) is 0 Å². The largest absolute Gasteiger partial charge is 0.375 e. The monoisotopic (exact) mass is 490 g/mol. The van der Waals surface area contributed by atoms with Crippen molar-refractivity contribution in [3.05, 3.63) is 53.0 Å². The quantitative estimate of drug-likeness (QED) is 0.571. The molecule has 9 nitrogen and oxygen atoms in total. The third-order valence-corrected chi connectivity index (χ3v) is 7.08. The molecule has 5 rings (SSSR count). The van der Waals surface area contributed by atoms with Gasteiger partial charge in [-0.05, 0) is 56.5 Å². The second kappa shape index (κ2) is 9.99. The van der Waals surface area contributed by atoms with E-state index >= 15 is 0 Å². The number of morpholine rings is 1. The first-order chi connectivity index (χ1) is 17.3. The number of aromatic nitrogens is 3. The highest BCUT2D eigenvalue weighted by atomic mass is 16.5. The van der Waals surface area contributed by atoms with E-state index in [2.05, 4.69) is 36.4 Å². The molecule has 4 heterocycles. The lowest BCUT2D eigenvalue weighted by Gasteiger charge is -2.36. The number of urea groups is 1. The van der Waals surface area contributed by atoms with Crippen molar-refractivity contribution in [2.45, 2.75) is 59.2 Å². The third kappa shape index (κ3) is 4.73. The van der Waals surface area contributed by atoms with Crippen molar-refractivity contribution < 1.29 is 14.3 Å². The minimum Gasteiger partial charge on any atom is -0.375 e. The van der Waals surface area contributed by atoms with Crippen LogP contribution < -0.4 is 5.32 Å². The van der Waals surface area contributed by atoms with E-state index in [0.717, 1.165) is 47.4 Å². The highest BCUT2D eigenvalue weighted by molar-refractivity contribution is 5.97. The molecule has 190 valence electrons. The van der Waals surface area contributed by atoms with E-state index in [4.69, 9.17) is 9.72 Å². The Morgan fingerprint density at radius 3 is 2.78 bits per heavy atom. The first kappa shape index (κ1) is 24.4. The fourth-order valence-corrected chi connectivity index (χ4v) is 5.26. The van der Waals surface area contributed by atoms with Gasteiger partial charge in [0.25, 0.3) is 0 Å². The molecule has 2 aliphatic heterocycles. The SMILES string of the molecule is Cc1cc(C)c(C[C@@H]2CNCCO2)c(-c2ncnn3cc(CN4C(=O)CCN(C(C)C)C4=O)cc23)c1. The van der Waals surface area contributed by atoms with E-state index < -0.39 is 0 Å². The number of benzene rings is 1. The minimum absolute atomic E-state index is 0.0463. The molecule has 2 aromatic heterocycles. The number of carbonyl (C=O) groups is 2. The molecule has 2 saturated heterocycles. The van der Waals surface area contributed by atoms with E-state index in [0.29, 0.717) is 19.6 Å². The van der Waals surface area contributed by atoms with Gasteiger partial charge < -0.3 is 15.0 Å². The number of hydrogen-bond acceptors (Lipinski definition) is 6.